The number of nitrogens with zero attached hydrogens (tertiary/aromatic N) is 5. The molecule has 3 aromatic heterocycles. The Morgan fingerprint density at radius 3 is 2.96 bits per heavy atom. The minimum atomic E-state index is 0.233. The summed E-state index contributed by atoms with van der Waals surface area (Å²) in [4.78, 5) is 10.8. The highest BCUT2D eigenvalue weighted by molar-refractivity contribution is 5.06. The Labute approximate surface area is 146 Å². The Bertz CT molecular complexity index is 797. The molecule has 0 saturated carbocycles. The summed E-state index contributed by atoms with van der Waals surface area (Å²) in [5.41, 5.74) is 2.23. The first kappa shape index (κ1) is 15.8. The van der Waals surface area contributed by atoms with Gasteiger partial charge in [0, 0.05) is 37.7 Å². The molecule has 0 fully saturated rings. The molecule has 1 aliphatic rings. The summed E-state index contributed by atoms with van der Waals surface area (Å²) in [5.74, 6) is 0.949. The molecule has 130 valence electrons. The average molecular weight is 339 g/mol. The number of fused-ring (bicyclic) bond motifs is 1. The molecule has 0 amide bonds. The van der Waals surface area contributed by atoms with Crippen molar-refractivity contribution >= 4 is 0 Å². The molecule has 3 aromatic rings. The van der Waals surface area contributed by atoms with Crippen molar-refractivity contribution in [1.82, 2.24) is 24.6 Å². The van der Waals surface area contributed by atoms with Gasteiger partial charge < -0.3 is 9.15 Å². The highest BCUT2D eigenvalue weighted by Crippen LogP contribution is 2.20. The zero-order chi connectivity index (χ0) is 17.1. The Morgan fingerprint density at radius 2 is 2.16 bits per heavy atom. The summed E-state index contributed by atoms with van der Waals surface area (Å²) in [7, 11) is 0. The lowest BCUT2D eigenvalue weighted by Crippen LogP contribution is -2.38. The number of hydrogen-bond acceptors (Lipinski definition) is 6. The van der Waals surface area contributed by atoms with Gasteiger partial charge in [0.2, 0.25) is 0 Å². The van der Waals surface area contributed by atoms with E-state index in [1.165, 1.54) is 5.69 Å². The molecule has 4 heterocycles. The average Bonchev–Trinajstić information content (AvgIpc) is 3.25. The molecule has 1 atom stereocenters. The van der Waals surface area contributed by atoms with Gasteiger partial charge in [0.15, 0.2) is 0 Å². The summed E-state index contributed by atoms with van der Waals surface area (Å²) in [6.45, 7) is 4.92. The van der Waals surface area contributed by atoms with E-state index in [-0.39, 0.29) is 6.04 Å². The van der Waals surface area contributed by atoms with Crippen molar-refractivity contribution in [1.29, 1.82) is 0 Å². The van der Waals surface area contributed by atoms with E-state index in [1.54, 1.807) is 18.7 Å². The van der Waals surface area contributed by atoms with Crippen molar-refractivity contribution in [2.45, 2.75) is 39.0 Å². The van der Waals surface area contributed by atoms with Crippen LogP contribution in [0.5, 0.6) is 6.01 Å². The lowest BCUT2D eigenvalue weighted by molar-refractivity contribution is 0.106. The Kier molecular flexibility index (Phi) is 4.47. The highest BCUT2D eigenvalue weighted by Gasteiger charge is 2.25. The second-order valence-electron chi connectivity index (χ2n) is 6.33. The Morgan fingerprint density at radius 1 is 1.28 bits per heavy atom. The van der Waals surface area contributed by atoms with Crippen LogP contribution in [0.3, 0.4) is 0 Å². The zero-order valence-corrected chi connectivity index (χ0v) is 14.2. The van der Waals surface area contributed by atoms with Crippen LogP contribution in [0.25, 0.3) is 0 Å². The van der Waals surface area contributed by atoms with Crippen LogP contribution in [-0.2, 0) is 19.6 Å². The largest absolute Gasteiger partial charge is 0.468 e. The van der Waals surface area contributed by atoms with Gasteiger partial charge in [-0.05, 0) is 37.1 Å². The second-order valence-corrected chi connectivity index (χ2v) is 6.33. The second kappa shape index (κ2) is 7.06. The van der Waals surface area contributed by atoms with Gasteiger partial charge in [0.05, 0.1) is 18.5 Å². The van der Waals surface area contributed by atoms with E-state index in [4.69, 9.17) is 9.15 Å². The predicted molar refractivity (Wildman–Crippen MR) is 90.9 cm³/mol. The molecule has 25 heavy (non-hydrogen) atoms. The minimum Gasteiger partial charge on any atom is -0.468 e. The van der Waals surface area contributed by atoms with E-state index in [1.807, 2.05) is 25.3 Å². The Hall–Kier alpha value is -2.67. The number of hydrogen-bond donors (Lipinski definition) is 0. The van der Waals surface area contributed by atoms with E-state index in [0.29, 0.717) is 12.6 Å². The summed E-state index contributed by atoms with van der Waals surface area (Å²) < 4.78 is 13.5. The first-order chi connectivity index (χ1) is 12.3. The van der Waals surface area contributed by atoms with Gasteiger partial charge in [-0.15, -0.1) is 0 Å². The molecular weight excluding hydrogens is 318 g/mol. The topological polar surface area (TPSA) is 69.2 Å². The third-order valence-electron chi connectivity index (χ3n) is 4.46. The summed E-state index contributed by atoms with van der Waals surface area (Å²) in [6.07, 6.45) is 8.05. The van der Waals surface area contributed by atoms with Crippen molar-refractivity contribution in [3.05, 3.63) is 60.1 Å². The van der Waals surface area contributed by atoms with Crippen molar-refractivity contribution in [2.75, 3.05) is 6.61 Å². The molecule has 7 nitrogen and oxygen atoms in total. The minimum absolute atomic E-state index is 0.233. The third kappa shape index (κ3) is 3.71. The normalized spacial score (nSPS) is 17.9. The molecule has 0 spiro atoms. The van der Waals surface area contributed by atoms with Gasteiger partial charge in [0.25, 0.3) is 0 Å². The maximum absolute atomic E-state index is 5.86. The molecule has 0 saturated heterocycles. The van der Waals surface area contributed by atoms with Crippen LogP contribution >= 0.6 is 0 Å². The van der Waals surface area contributed by atoms with Gasteiger partial charge in [-0.3, -0.25) is 9.58 Å². The Balaban J connectivity index is 1.48. The van der Waals surface area contributed by atoms with Crippen LogP contribution in [0.15, 0.2) is 47.5 Å². The van der Waals surface area contributed by atoms with Gasteiger partial charge in [-0.25, -0.2) is 9.97 Å². The van der Waals surface area contributed by atoms with Crippen LogP contribution in [0, 0.1) is 6.92 Å². The first-order valence-electron chi connectivity index (χ1n) is 8.46. The van der Waals surface area contributed by atoms with Crippen LogP contribution in [-0.4, -0.2) is 37.3 Å². The lowest BCUT2D eigenvalue weighted by Gasteiger charge is -2.28. The van der Waals surface area contributed by atoms with Crippen LogP contribution in [0.1, 0.15) is 23.4 Å². The standard InChI is InChI=1S/C18H21N5O2/c1-14-9-19-18(20-10-14)25-13-16-5-7-23-15(4-6-21-23)11-22(16)12-17-3-2-8-24-17/h2-4,6,8-10,16H,5,7,11-13H2,1H3/t16-/m1/s1. The lowest BCUT2D eigenvalue weighted by atomic mass is 10.2. The van der Waals surface area contributed by atoms with Crippen LogP contribution in [0.2, 0.25) is 0 Å². The van der Waals surface area contributed by atoms with E-state index in [0.717, 1.165) is 37.4 Å². The number of aromatic nitrogens is 4. The summed E-state index contributed by atoms with van der Waals surface area (Å²) in [5, 5.41) is 4.41. The van der Waals surface area contributed by atoms with E-state index >= 15 is 0 Å². The monoisotopic (exact) mass is 339 g/mol. The number of ether oxygens (including phenoxy) is 1. The summed E-state index contributed by atoms with van der Waals surface area (Å²) >= 11 is 0. The maximum atomic E-state index is 5.86. The molecule has 0 aliphatic carbocycles. The van der Waals surface area contributed by atoms with Gasteiger partial charge in [-0.2, -0.15) is 5.10 Å². The van der Waals surface area contributed by atoms with Gasteiger partial charge >= 0.3 is 6.01 Å². The fourth-order valence-corrected chi connectivity index (χ4v) is 3.09. The molecule has 0 radical (unpaired) electrons. The fourth-order valence-electron chi connectivity index (χ4n) is 3.09. The van der Waals surface area contributed by atoms with Crippen molar-refractivity contribution in [2.24, 2.45) is 0 Å². The molecule has 4 rings (SSSR count). The number of aryl methyl sites for hydroxylation is 2. The highest BCUT2D eigenvalue weighted by atomic mass is 16.5. The van der Waals surface area contributed by atoms with E-state index in [2.05, 4.69) is 30.7 Å². The van der Waals surface area contributed by atoms with E-state index < -0.39 is 0 Å². The molecule has 1 aliphatic heterocycles. The molecule has 7 heteroatoms. The smallest absolute Gasteiger partial charge is 0.316 e. The van der Waals surface area contributed by atoms with Crippen LogP contribution in [0.4, 0.5) is 0 Å². The SMILES string of the molecule is Cc1cnc(OC[C@H]2CCn3nccc3CN2Cc2ccco2)nc1. The number of furan rings is 1. The predicted octanol–water partition coefficient (Wildman–Crippen LogP) is 2.43. The molecule has 0 aromatic carbocycles. The van der Waals surface area contributed by atoms with Gasteiger partial charge in [-0.1, -0.05) is 0 Å². The number of rotatable bonds is 5. The zero-order valence-electron chi connectivity index (χ0n) is 14.2. The van der Waals surface area contributed by atoms with Crippen molar-refractivity contribution in [3.8, 4) is 6.01 Å². The first-order valence-corrected chi connectivity index (χ1v) is 8.46. The van der Waals surface area contributed by atoms with E-state index in [9.17, 15) is 0 Å². The van der Waals surface area contributed by atoms with Gasteiger partial charge in [0.1, 0.15) is 12.4 Å². The summed E-state index contributed by atoms with van der Waals surface area (Å²) in [6, 6.07) is 6.65. The van der Waals surface area contributed by atoms with Crippen molar-refractivity contribution in [3.63, 3.8) is 0 Å². The third-order valence-corrected chi connectivity index (χ3v) is 4.46. The maximum Gasteiger partial charge on any atom is 0.316 e. The molecule has 0 bridgehead atoms. The fraction of sp³-hybridized carbons (Fsp3) is 0.389. The van der Waals surface area contributed by atoms with Crippen LogP contribution < -0.4 is 4.74 Å². The molecule has 0 N–H and O–H groups in total. The quantitative estimate of drug-likeness (QED) is 0.711. The molecule has 0 unspecified atom stereocenters. The van der Waals surface area contributed by atoms with Crippen molar-refractivity contribution < 1.29 is 9.15 Å². The molecular formula is C18H21N5O2.